The molecule has 3 aromatic carbocycles. The van der Waals surface area contributed by atoms with Crippen LogP contribution in [0.5, 0.6) is 0 Å². The van der Waals surface area contributed by atoms with Crippen molar-refractivity contribution in [2.24, 2.45) is 5.73 Å². The molecule has 0 radical (unpaired) electrons. The Morgan fingerprint density at radius 3 is 2.27 bits per heavy atom. The van der Waals surface area contributed by atoms with Crippen LogP contribution in [0, 0.1) is 5.41 Å². The van der Waals surface area contributed by atoms with Crippen molar-refractivity contribution < 1.29 is 14.7 Å². The first-order chi connectivity index (χ1) is 14.4. The summed E-state index contributed by atoms with van der Waals surface area (Å²) < 4.78 is 0. The second-order valence-corrected chi connectivity index (χ2v) is 6.71. The highest BCUT2D eigenvalue weighted by Crippen LogP contribution is 2.29. The monoisotopic (exact) mass is 402 g/mol. The number of carbonyl (C=O) groups excluding carboxylic acids is 1. The van der Waals surface area contributed by atoms with Gasteiger partial charge in [-0.15, -0.1) is 0 Å². The summed E-state index contributed by atoms with van der Waals surface area (Å²) in [6.07, 6.45) is 0. The molecule has 0 atom stereocenters. The zero-order valence-corrected chi connectivity index (χ0v) is 16.4. The number of benzene rings is 3. The first kappa shape index (κ1) is 20.8. The van der Waals surface area contributed by atoms with Crippen molar-refractivity contribution in [3.05, 3.63) is 89.0 Å². The quantitative estimate of drug-likeness (QED) is 0.306. The summed E-state index contributed by atoms with van der Waals surface area (Å²) in [6.45, 7) is 0.541. The van der Waals surface area contributed by atoms with Gasteiger partial charge in [0.1, 0.15) is 5.84 Å². The molecule has 0 unspecified atom stereocenters. The minimum absolute atomic E-state index is 0.0545. The second-order valence-electron chi connectivity index (χ2n) is 6.71. The Kier molecular flexibility index (Phi) is 6.24. The minimum Gasteiger partial charge on any atom is -0.478 e. The van der Waals surface area contributed by atoms with E-state index in [0.717, 1.165) is 5.56 Å². The number of carboxylic acids is 1. The van der Waals surface area contributed by atoms with Gasteiger partial charge < -0.3 is 21.5 Å². The standard InChI is InChI=1S/C23H22N4O3/c1-26-13-14-6-11-18(20(12-14)23(29)30)17-4-2-3-5-19(17)22(28)27-16-9-7-15(8-10-16)21(24)25/h2-12,26H,13H2,1H3,(H3,24,25)(H,27,28)(H,29,30). The molecule has 3 rings (SSSR count). The van der Waals surface area contributed by atoms with Crippen LogP contribution in [-0.2, 0) is 6.54 Å². The molecule has 0 saturated heterocycles. The van der Waals surface area contributed by atoms with Crippen LogP contribution in [0.3, 0.4) is 0 Å². The number of nitrogens with one attached hydrogen (secondary N) is 3. The van der Waals surface area contributed by atoms with E-state index in [4.69, 9.17) is 11.1 Å². The van der Waals surface area contributed by atoms with Crippen LogP contribution in [0.1, 0.15) is 31.8 Å². The molecule has 152 valence electrons. The smallest absolute Gasteiger partial charge is 0.336 e. The van der Waals surface area contributed by atoms with E-state index in [1.54, 1.807) is 67.7 Å². The molecule has 1 amide bonds. The second kappa shape index (κ2) is 9.02. The molecule has 7 nitrogen and oxygen atoms in total. The first-order valence-electron chi connectivity index (χ1n) is 9.26. The molecule has 0 fully saturated rings. The van der Waals surface area contributed by atoms with Crippen LogP contribution in [-0.4, -0.2) is 29.9 Å². The van der Waals surface area contributed by atoms with Crippen LogP contribution in [0.25, 0.3) is 11.1 Å². The molecule has 3 aromatic rings. The molecule has 6 N–H and O–H groups in total. The number of carbonyl (C=O) groups is 2. The van der Waals surface area contributed by atoms with Crippen LogP contribution in [0.15, 0.2) is 66.7 Å². The summed E-state index contributed by atoms with van der Waals surface area (Å²) in [5.74, 6) is -1.48. The third-order valence-corrected chi connectivity index (χ3v) is 4.61. The normalized spacial score (nSPS) is 10.4. The average molecular weight is 402 g/mol. The van der Waals surface area contributed by atoms with Gasteiger partial charge >= 0.3 is 5.97 Å². The fraction of sp³-hybridized carbons (Fsp3) is 0.0870. The largest absolute Gasteiger partial charge is 0.478 e. The van der Waals surface area contributed by atoms with Crippen LogP contribution in [0.2, 0.25) is 0 Å². The maximum atomic E-state index is 12.9. The SMILES string of the molecule is CNCc1ccc(-c2ccccc2C(=O)Nc2ccc(C(=N)N)cc2)c(C(=O)O)c1. The van der Waals surface area contributed by atoms with Gasteiger partial charge in [0.2, 0.25) is 0 Å². The topological polar surface area (TPSA) is 128 Å². The lowest BCUT2D eigenvalue weighted by Gasteiger charge is -2.14. The number of carboxylic acid groups (broad SMARTS) is 1. The predicted molar refractivity (Wildman–Crippen MR) is 117 cm³/mol. The summed E-state index contributed by atoms with van der Waals surface area (Å²) in [7, 11) is 1.79. The summed E-state index contributed by atoms with van der Waals surface area (Å²) in [4.78, 5) is 24.8. The zero-order valence-electron chi connectivity index (χ0n) is 16.4. The lowest BCUT2D eigenvalue weighted by Crippen LogP contribution is -2.15. The van der Waals surface area contributed by atoms with Gasteiger partial charge in [0.05, 0.1) is 5.56 Å². The number of hydrogen-bond acceptors (Lipinski definition) is 4. The predicted octanol–water partition coefficient (Wildman–Crippen LogP) is 3.31. The van der Waals surface area contributed by atoms with Gasteiger partial charge in [0.15, 0.2) is 0 Å². The molecule has 0 aliphatic rings. The molecule has 0 aliphatic heterocycles. The summed E-state index contributed by atoms with van der Waals surface area (Å²) in [5.41, 5.74) is 8.89. The van der Waals surface area contributed by atoms with Gasteiger partial charge in [-0.2, -0.15) is 0 Å². The fourth-order valence-electron chi connectivity index (χ4n) is 3.16. The molecule has 7 heteroatoms. The van der Waals surface area contributed by atoms with Gasteiger partial charge in [-0.3, -0.25) is 10.2 Å². The summed E-state index contributed by atoms with van der Waals surface area (Å²) >= 11 is 0. The Morgan fingerprint density at radius 2 is 1.63 bits per heavy atom. The number of amidine groups is 1. The van der Waals surface area contributed by atoms with E-state index in [1.165, 1.54) is 0 Å². The molecule has 0 heterocycles. The zero-order chi connectivity index (χ0) is 21.7. The number of nitrogens with two attached hydrogens (primary N) is 1. The van der Waals surface area contributed by atoms with E-state index >= 15 is 0 Å². The first-order valence-corrected chi connectivity index (χ1v) is 9.26. The van der Waals surface area contributed by atoms with Crippen molar-refractivity contribution in [1.82, 2.24) is 5.32 Å². The number of hydrogen-bond donors (Lipinski definition) is 5. The molecule has 0 spiro atoms. The highest BCUT2D eigenvalue weighted by atomic mass is 16.4. The number of anilines is 1. The van der Waals surface area contributed by atoms with Gasteiger partial charge in [-0.25, -0.2) is 4.79 Å². The minimum atomic E-state index is -1.06. The van der Waals surface area contributed by atoms with E-state index in [9.17, 15) is 14.7 Å². The summed E-state index contributed by atoms with van der Waals surface area (Å²) in [6, 6.07) is 18.7. The Labute approximate surface area is 174 Å². The third kappa shape index (κ3) is 4.53. The number of nitrogen functional groups attached to an aromatic ring is 1. The molecular weight excluding hydrogens is 380 g/mol. The van der Waals surface area contributed by atoms with E-state index in [1.807, 2.05) is 6.07 Å². The Bertz CT molecular complexity index is 1110. The van der Waals surface area contributed by atoms with Crippen molar-refractivity contribution in [3.8, 4) is 11.1 Å². The fourth-order valence-corrected chi connectivity index (χ4v) is 3.16. The maximum Gasteiger partial charge on any atom is 0.336 e. The molecular formula is C23H22N4O3. The van der Waals surface area contributed by atoms with Crippen molar-refractivity contribution in [2.45, 2.75) is 6.54 Å². The average Bonchev–Trinajstić information content (AvgIpc) is 2.74. The Morgan fingerprint density at radius 1 is 0.967 bits per heavy atom. The van der Waals surface area contributed by atoms with Gasteiger partial charge in [-0.1, -0.05) is 30.3 Å². The van der Waals surface area contributed by atoms with E-state index in [2.05, 4.69) is 10.6 Å². The van der Waals surface area contributed by atoms with Crippen molar-refractivity contribution in [3.63, 3.8) is 0 Å². The van der Waals surface area contributed by atoms with E-state index in [0.29, 0.717) is 34.5 Å². The lowest BCUT2D eigenvalue weighted by molar-refractivity contribution is 0.0697. The molecule has 0 bridgehead atoms. The molecule has 30 heavy (non-hydrogen) atoms. The number of rotatable bonds is 7. The maximum absolute atomic E-state index is 12.9. The van der Waals surface area contributed by atoms with Crippen LogP contribution in [0.4, 0.5) is 5.69 Å². The highest BCUT2D eigenvalue weighted by Gasteiger charge is 2.18. The van der Waals surface area contributed by atoms with Gasteiger partial charge in [0.25, 0.3) is 5.91 Å². The third-order valence-electron chi connectivity index (χ3n) is 4.61. The number of aromatic carboxylic acids is 1. The Balaban J connectivity index is 1.97. The highest BCUT2D eigenvalue weighted by molar-refractivity contribution is 6.10. The molecule has 0 saturated carbocycles. The van der Waals surface area contributed by atoms with E-state index < -0.39 is 5.97 Å². The number of amides is 1. The van der Waals surface area contributed by atoms with Gasteiger partial charge in [0, 0.05) is 23.4 Å². The van der Waals surface area contributed by atoms with E-state index in [-0.39, 0.29) is 17.3 Å². The van der Waals surface area contributed by atoms with Crippen LogP contribution < -0.4 is 16.4 Å². The van der Waals surface area contributed by atoms with Gasteiger partial charge in [-0.05, 0) is 60.1 Å². The van der Waals surface area contributed by atoms with Crippen molar-refractivity contribution in [1.29, 1.82) is 5.41 Å². The molecule has 0 aromatic heterocycles. The van der Waals surface area contributed by atoms with Crippen molar-refractivity contribution >= 4 is 23.4 Å². The summed E-state index contributed by atoms with van der Waals surface area (Å²) in [5, 5.41) is 23.0. The Hall–Kier alpha value is -3.97. The van der Waals surface area contributed by atoms with Crippen LogP contribution >= 0.6 is 0 Å². The molecule has 0 aliphatic carbocycles. The van der Waals surface area contributed by atoms with Crippen molar-refractivity contribution in [2.75, 3.05) is 12.4 Å². The lowest BCUT2D eigenvalue weighted by atomic mass is 9.93.